The lowest BCUT2D eigenvalue weighted by Crippen LogP contribution is -2.46. The van der Waals surface area contributed by atoms with Gasteiger partial charge in [-0.25, -0.2) is 0 Å². The third-order valence-corrected chi connectivity index (χ3v) is 4.31. The number of halogens is 2. The van der Waals surface area contributed by atoms with Gasteiger partial charge >= 0.3 is 0 Å². The number of nitrogens with one attached hydrogen (secondary N) is 1. The van der Waals surface area contributed by atoms with Gasteiger partial charge in [-0.1, -0.05) is 23.2 Å². The first-order valence-corrected chi connectivity index (χ1v) is 7.50. The van der Waals surface area contributed by atoms with Gasteiger partial charge in [0.1, 0.15) is 5.69 Å². The Bertz CT molecular complexity index is 723. The number of hydrogen-bond donors (Lipinski definition) is 3. The Morgan fingerprint density at radius 3 is 2.59 bits per heavy atom. The summed E-state index contributed by atoms with van der Waals surface area (Å²) in [5.74, 6) is -0.323. The van der Waals surface area contributed by atoms with Gasteiger partial charge in [0.15, 0.2) is 6.29 Å². The van der Waals surface area contributed by atoms with E-state index in [4.69, 9.17) is 33.4 Å². The average molecular weight is 345 g/mol. The molecule has 1 aromatic heterocycles. The molecule has 0 spiro atoms. The fourth-order valence-corrected chi connectivity index (χ4v) is 2.83. The van der Waals surface area contributed by atoms with Crippen molar-refractivity contribution in [2.24, 2.45) is 7.05 Å². The minimum Gasteiger partial charge on any atom is -0.368 e. The number of aliphatic hydroxyl groups excluding tert-OH is 1. The number of aromatic nitrogens is 1. The van der Waals surface area contributed by atoms with E-state index >= 15 is 0 Å². The van der Waals surface area contributed by atoms with E-state index in [0.717, 1.165) is 5.52 Å². The first-order chi connectivity index (χ1) is 10.1. The highest BCUT2D eigenvalue weighted by Gasteiger charge is 2.25. The summed E-state index contributed by atoms with van der Waals surface area (Å²) in [6.45, 7) is 3.44. The molecule has 0 fully saturated rings. The van der Waals surface area contributed by atoms with Crippen LogP contribution in [0.4, 0.5) is 0 Å². The zero-order chi connectivity index (χ0) is 16.7. The SMILES string of the molecule is Cn1c(C(=O)NC(C)(C)CC(O)O)cc2c(Cl)c(Cl)ccc21. The molecule has 5 nitrogen and oxygen atoms in total. The Kier molecular flexibility index (Phi) is 4.73. The van der Waals surface area contributed by atoms with Crippen LogP contribution in [-0.2, 0) is 7.05 Å². The van der Waals surface area contributed by atoms with Gasteiger partial charge in [0, 0.05) is 29.9 Å². The standard InChI is InChI=1S/C15H18Cl2N2O3/c1-15(2,7-12(20)21)18-14(22)11-6-8-10(19(11)3)5-4-9(16)13(8)17/h4-6,12,20-21H,7H2,1-3H3,(H,18,22). The van der Waals surface area contributed by atoms with Crippen molar-refractivity contribution in [3.63, 3.8) is 0 Å². The monoisotopic (exact) mass is 344 g/mol. The molecule has 22 heavy (non-hydrogen) atoms. The maximum absolute atomic E-state index is 12.5. The Morgan fingerprint density at radius 1 is 1.36 bits per heavy atom. The molecule has 0 atom stereocenters. The van der Waals surface area contributed by atoms with Crippen LogP contribution in [0.1, 0.15) is 30.8 Å². The number of amides is 1. The predicted octanol–water partition coefficient (Wildman–Crippen LogP) is 2.69. The largest absolute Gasteiger partial charge is 0.368 e. The van der Waals surface area contributed by atoms with E-state index in [-0.39, 0.29) is 12.3 Å². The van der Waals surface area contributed by atoms with Gasteiger partial charge in [-0.2, -0.15) is 0 Å². The summed E-state index contributed by atoms with van der Waals surface area (Å²) in [4.78, 5) is 12.5. The summed E-state index contributed by atoms with van der Waals surface area (Å²) in [7, 11) is 1.76. The van der Waals surface area contributed by atoms with Gasteiger partial charge in [0.25, 0.3) is 5.91 Å². The molecule has 3 N–H and O–H groups in total. The van der Waals surface area contributed by atoms with E-state index in [2.05, 4.69) is 5.32 Å². The molecule has 7 heteroatoms. The van der Waals surface area contributed by atoms with Crippen molar-refractivity contribution in [3.05, 3.63) is 33.9 Å². The van der Waals surface area contributed by atoms with Crippen LogP contribution in [-0.4, -0.2) is 32.5 Å². The van der Waals surface area contributed by atoms with E-state index in [9.17, 15) is 4.79 Å². The number of benzene rings is 1. The van der Waals surface area contributed by atoms with Gasteiger partial charge in [-0.05, 0) is 32.0 Å². The molecule has 0 radical (unpaired) electrons. The van der Waals surface area contributed by atoms with Crippen LogP contribution in [0, 0.1) is 0 Å². The number of aliphatic hydroxyl groups is 2. The van der Waals surface area contributed by atoms with Crippen molar-refractivity contribution >= 4 is 40.0 Å². The molecule has 2 rings (SSSR count). The number of hydrogen-bond acceptors (Lipinski definition) is 3. The van der Waals surface area contributed by atoms with E-state index < -0.39 is 11.8 Å². The van der Waals surface area contributed by atoms with Crippen LogP contribution in [0.15, 0.2) is 18.2 Å². The van der Waals surface area contributed by atoms with Crippen LogP contribution < -0.4 is 5.32 Å². The molecule has 0 bridgehead atoms. The quantitative estimate of drug-likeness (QED) is 0.746. The Labute approximate surface area is 138 Å². The topological polar surface area (TPSA) is 74.5 Å². The van der Waals surface area contributed by atoms with E-state index in [1.165, 1.54) is 0 Å². The number of fused-ring (bicyclic) bond motifs is 1. The fourth-order valence-electron chi connectivity index (χ4n) is 2.45. The number of carbonyl (C=O) groups excluding carboxylic acids is 1. The van der Waals surface area contributed by atoms with Crippen molar-refractivity contribution < 1.29 is 15.0 Å². The second kappa shape index (κ2) is 6.08. The number of nitrogens with zero attached hydrogens (tertiary/aromatic N) is 1. The van der Waals surface area contributed by atoms with Gasteiger partial charge in [0.2, 0.25) is 0 Å². The maximum Gasteiger partial charge on any atom is 0.268 e. The summed E-state index contributed by atoms with van der Waals surface area (Å²) in [6.07, 6.45) is -1.47. The van der Waals surface area contributed by atoms with Crippen molar-refractivity contribution in [1.29, 1.82) is 0 Å². The van der Waals surface area contributed by atoms with E-state index in [1.54, 1.807) is 43.7 Å². The minimum absolute atomic E-state index is 0.0231. The lowest BCUT2D eigenvalue weighted by molar-refractivity contribution is -0.0588. The average Bonchev–Trinajstić information content (AvgIpc) is 2.70. The molecule has 0 saturated heterocycles. The summed E-state index contributed by atoms with van der Waals surface area (Å²) in [5.41, 5.74) is 0.447. The third-order valence-electron chi connectivity index (χ3n) is 3.49. The van der Waals surface area contributed by atoms with Crippen molar-refractivity contribution in [2.75, 3.05) is 0 Å². The molecule has 120 valence electrons. The molecule has 0 aliphatic rings. The number of carbonyl (C=O) groups is 1. The summed E-state index contributed by atoms with van der Waals surface area (Å²) >= 11 is 12.2. The zero-order valence-electron chi connectivity index (χ0n) is 12.5. The molecule has 0 unspecified atom stereocenters. The third kappa shape index (κ3) is 3.38. The smallest absolute Gasteiger partial charge is 0.268 e. The number of rotatable bonds is 4. The van der Waals surface area contributed by atoms with Crippen LogP contribution in [0.25, 0.3) is 10.9 Å². The Morgan fingerprint density at radius 2 is 2.00 bits per heavy atom. The maximum atomic E-state index is 12.5. The molecule has 1 aromatic carbocycles. The zero-order valence-corrected chi connectivity index (χ0v) is 14.0. The lowest BCUT2D eigenvalue weighted by Gasteiger charge is -2.27. The second-order valence-electron chi connectivity index (χ2n) is 5.91. The molecule has 0 saturated carbocycles. The molecular weight excluding hydrogens is 327 g/mol. The molecule has 2 aromatic rings. The Hall–Kier alpha value is -1.27. The predicted molar refractivity (Wildman–Crippen MR) is 87.3 cm³/mol. The molecule has 0 aliphatic carbocycles. The Balaban J connectivity index is 2.37. The normalized spacial score (nSPS) is 12.2. The molecule has 1 heterocycles. The minimum atomic E-state index is -1.49. The highest BCUT2D eigenvalue weighted by atomic mass is 35.5. The summed E-state index contributed by atoms with van der Waals surface area (Å²) in [5, 5.41) is 22.5. The van der Waals surface area contributed by atoms with Gasteiger partial charge < -0.3 is 20.1 Å². The van der Waals surface area contributed by atoms with E-state index in [1.807, 2.05) is 0 Å². The van der Waals surface area contributed by atoms with Crippen molar-refractivity contribution in [2.45, 2.75) is 32.1 Å². The first-order valence-electron chi connectivity index (χ1n) is 6.74. The fraction of sp³-hybridized carbons (Fsp3) is 0.400. The lowest BCUT2D eigenvalue weighted by atomic mass is 10.00. The molecule has 0 aliphatic heterocycles. The number of aryl methyl sites for hydroxylation is 1. The highest BCUT2D eigenvalue weighted by molar-refractivity contribution is 6.45. The molecule has 1 amide bonds. The van der Waals surface area contributed by atoms with Crippen molar-refractivity contribution in [1.82, 2.24) is 9.88 Å². The van der Waals surface area contributed by atoms with Crippen LogP contribution >= 0.6 is 23.2 Å². The van der Waals surface area contributed by atoms with Crippen molar-refractivity contribution in [3.8, 4) is 0 Å². The van der Waals surface area contributed by atoms with E-state index in [0.29, 0.717) is 21.1 Å². The highest BCUT2D eigenvalue weighted by Crippen LogP contribution is 2.32. The summed E-state index contributed by atoms with van der Waals surface area (Å²) < 4.78 is 1.72. The second-order valence-corrected chi connectivity index (χ2v) is 6.69. The molecular formula is C15H18Cl2N2O3. The van der Waals surface area contributed by atoms with Gasteiger partial charge in [-0.3, -0.25) is 4.79 Å². The van der Waals surface area contributed by atoms with Crippen LogP contribution in [0.3, 0.4) is 0 Å². The van der Waals surface area contributed by atoms with Crippen LogP contribution in [0.2, 0.25) is 10.0 Å². The van der Waals surface area contributed by atoms with Gasteiger partial charge in [-0.15, -0.1) is 0 Å². The summed E-state index contributed by atoms with van der Waals surface area (Å²) in [6, 6.07) is 5.15. The first kappa shape index (κ1) is 17.1. The van der Waals surface area contributed by atoms with Gasteiger partial charge in [0.05, 0.1) is 10.0 Å². The van der Waals surface area contributed by atoms with Crippen LogP contribution in [0.5, 0.6) is 0 Å².